The largest absolute Gasteiger partial charge is 0.507 e. The van der Waals surface area contributed by atoms with Crippen LogP contribution >= 0.6 is 0 Å². The number of rotatable bonds is 5. The van der Waals surface area contributed by atoms with E-state index in [9.17, 15) is 14.7 Å². The van der Waals surface area contributed by atoms with Crippen LogP contribution in [-0.4, -0.2) is 36.0 Å². The van der Waals surface area contributed by atoms with Crippen molar-refractivity contribution < 1.29 is 24.2 Å². The smallest absolute Gasteiger partial charge is 0.300 e. The van der Waals surface area contributed by atoms with Crippen molar-refractivity contribution >= 4 is 23.1 Å². The van der Waals surface area contributed by atoms with Gasteiger partial charge in [0, 0.05) is 24.1 Å². The molecule has 0 aliphatic carbocycles. The molecule has 1 atom stereocenters. The van der Waals surface area contributed by atoms with Crippen LogP contribution in [0.15, 0.2) is 72.6 Å². The van der Waals surface area contributed by atoms with Gasteiger partial charge in [-0.1, -0.05) is 24.3 Å². The zero-order valence-electron chi connectivity index (χ0n) is 17.9. The van der Waals surface area contributed by atoms with Crippen molar-refractivity contribution in [3.05, 3.63) is 89.3 Å². The number of aliphatic hydroxyl groups excluding tert-OH is 1. The molecule has 1 saturated heterocycles. The van der Waals surface area contributed by atoms with E-state index in [-0.39, 0.29) is 16.9 Å². The summed E-state index contributed by atoms with van der Waals surface area (Å²) in [5.74, 6) is -0.983. The summed E-state index contributed by atoms with van der Waals surface area (Å²) < 4.78 is 10.6. The fraction of sp³-hybridized carbons (Fsp3) is 0.160. The molecule has 0 spiro atoms. The van der Waals surface area contributed by atoms with Crippen LogP contribution in [-0.2, 0) is 9.59 Å². The molecule has 1 amide bonds. The molecule has 0 radical (unpaired) electrons. The summed E-state index contributed by atoms with van der Waals surface area (Å²) in [7, 11) is 2.97. The third-order valence-electron chi connectivity index (χ3n) is 5.48. The molecule has 0 bridgehead atoms. The lowest BCUT2D eigenvalue weighted by Crippen LogP contribution is -2.30. The van der Waals surface area contributed by atoms with Gasteiger partial charge in [-0.15, -0.1) is 0 Å². The van der Waals surface area contributed by atoms with Gasteiger partial charge >= 0.3 is 0 Å². The number of pyridine rings is 1. The number of para-hydroxylation sites is 1. The van der Waals surface area contributed by atoms with Gasteiger partial charge in [-0.3, -0.25) is 19.5 Å². The topological polar surface area (TPSA) is 89.0 Å². The van der Waals surface area contributed by atoms with Crippen molar-refractivity contribution in [3.8, 4) is 11.5 Å². The number of amides is 1. The lowest BCUT2D eigenvalue weighted by molar-refractivity contribution is -0.132. The normalized spacial score (nSPS) is 17.5. The molecule has 2 aromatic carbocycles. The van der Waals surface area contributed by atoms with E-state index in [1.54, 1.807) is 54.9 Å². The molecule has 2 heterocycles. The summed E-state index contributed by atoms with van der Waals surface area (Å²) in [6.07, 6.45) is 3.19. The molecule has 7 heteroatoms. The van der Waals surface area contributed by atoms with Gasteiger partial charge in [0.25, 0.3) is 11.7 Å². The third-order valence-corrected chi connectivity index (χ3v) is 5.48. The summed E-state index contributed by atoms with van der Waals surface area (Å²) in [4.78, 5) is 32.0. The summed E-state index contributed by atoms with van der Waals surface area (Å²) in [5.41, 5.74) is 2.26. The van der Waals surface area contributed by atoms with E-state index >= 15 is 0 Å². The van der Waals surface area contributed by atoms with Crippen molar-refractivity contribution in [2.45, 2.75) is 13.0 Å². The van der Waals surface area contributed by atoms with Gasteiger partial charge in [-0.25, -0.2) is 0 Å². The Morgan fingerprint density at radius 2 is 1.81 bits per heavy atom. The highest BCUT2D eigenvalue weighted by atomic mass is 16.5. The second kappa shape index (κ2) is 8.55. The van der Waals surface area contributed by atoms with Crippen LogP contribution in [0.25, 0.3) is 5.76 Å². The number of carbonyl (C=O) groups is 2. The number of aryl methyl sites for hydroxylation is 1. The van der Waals surface area contributed by atoms with Crippen molar-refractivity contribution in [2.24, 2.45) is 0 Å². The number of benzene rings is 2. The number of ether oxygens (including phenoxy) is 2. The SMILES string of the molecule is COc1ccc(/C(O)=C2/C(=O)C(=O)N(c3ccccc3C)C2c2cccnc2)c(OC)c1. The monoisotopic (exact) mass is 430 g/mol. The van der Waals surface area contributed by atoms with Crippen LogP contribution in [0.1, 0.15) is 22.7 Å². The number of ketones is 1. The predicted molar refractivity (Wildman–Crippen MR) is 120 cm³/mol. The summed E-state index contributed by atoms with van der Waals surface area (Å²) >= 11 is 0. The Balaban J connectivity index is 1.97. The first-order valence-corrected chi connectivity index (χ1v) is 9.97. The zero-order valence-corrected chi connectivity index (χ0v) is 17.9. The third kappa shape index (κ3) is 3.47. The van der Waals surface area contributed by atoms with E-state index in [4.69, 9.17) is 9.47 Å². The molecule has 1 aliphatic rings. The highest BCUT2D eigenvalue weighted by Gasteiger charge is 2.47. The number of aliphatic hydroxyl groups is 1. The van der Waals surface area contributed by atoms with Crippen LogP contribution in [0.4, 0.5) is 5.69 Å². The minimum atomic E-state index is -0.850. The average Bonchev–Trinajstić information content (AvgIpc) is 3.09. The first-order chi connectivity index (χ1) is 15.5. The van der Waals surface area contributed by atoms with Crippen molar-refractivity contribution in [2.75, 3.05) is 19.1 Å². The minimum absolute atomic E-state index is 0.0327. The van der Waals surface area contributed by atoms with Gasteiger partial charge < -0.3 is 14.6 Å². The number of hydrogen-bond donors (Lipinski definition) is 1. The summed E-state index contributed by atoms with van der Waals surface area (Å²) in [6.45, 7) is 1.86. The van der Waals surface area contributed by atoms with Crippen LogP contribution in [0, 0.1) is 6.92 Å². The van der Waals surface area contributed by atoms with E-state index in [1.165, 1.54) is 19.1 Å². The second-order valence-electron chi connectivity index (χ2n) is 7.31. The lowest BCUT2D eigenvalue weighted by Gasteiger charge is -2.26. The van der Waals surface area contributed by atoms with Crippen molar-refractivity contribution in [1.29, 1.82) is 0 Å². The first kappa shape index (κ1) is 21.1. The molecule has 1 unspecified atom stereocenters. The highest BCUT2D eigenvalue weighted by molar-refractivity contribution is 6.51. The molecular weight excluding hydrogens is 408 g/mol. The first-order valence-electron chi connectivity index (χ1n) is 9.97. The number of Topliss-reactive ketones (excluding diaryl/α,β-unsaturated/α-hetero) is 1. The Hall–Kier alpha value is -4.13. The maximum absolute atomic E-state index is 13.2. The summed E-state index contributed by atoms with van der Waals surface area (Å²) in [6, 6.07) is 14.8. The number of nitrogens with zero attached hydrogens (tertiary/aromatic N) is 2. The molecule has 0 saturated carbocycles. The van der Waals surface area contributed by atoms with Crippen LogP contribution in [0.5, 0.6) is 11.5 Å². The fourth-order valence-corrected chi connectivity index (χ4v) is 3.91. The molecule has 4 rings (SSSR count). The minimum Gasteiger partial charge on any atom is -0.507 e. The molecule has 1 aromatic heterocycles. The van der Waals surface area contributed by atoms with Gasteiger partial charge in [0.2, 0.25) is 0 Å². The maximum atomic E-state index is 13.2. The summed E-state index contributed by atoms with van der Waals surface area (Å²) in [5, 5.41) is 11.3. The average molecular weight is 430 g/mol. The van der Waals surface area contributed by atoms with Gasteiger partial charge in [0.15, 0.2) is 0 Å². The molecule has 1 fully saturated rings. The number of hydrogen-bond acceptors (Lipinski definition) is 6. The van der Waals surface area contributed by atoms with Crippen molar-refractivity contribution in [1.82, 2.24) is 4.98 Å². The van der Waals surface area contributed by atoms with Gasteiger partial charge in [-0.05, 0) is 42.3 Å². The Kier molecular flexibility index (Phi) is 5.64. The molecule has 3 aromatic rings. The Bertz CT molecular complexity index is 1220. The van der Waals surface area contributed by atoms with Crippen LogP contribution < -0.4 is 14.4 Å². The highest BCUT2D eigenvalue weighted by Crippen LogP contribution is 2.44. The van der Waals surface area contributed by atoms with Gasteiger partial charge in [-0.2, -0.15) is 0 Å². The van der Waals surface area contributed by atoms with E-state index in [0.29, 0.717) is 22.7 Å². The van der Waals surface area contributed by atoms with E-state index < -0.39 is 17.7 Å². The maximum Gasteiger partial charge on any atom is 0.300 e. The zero-order chi connectivity index (χ0) is 22.8. The standard InChI is InChI=1S/C25H22N2O5/c1-15-7-4-5-9-19(15)27-22(16-8-6-12-26-14-16)21(24(29)25(27)30)23(28)18-11-10-17(31-2)13-20(18)32-3/h4-14,22,28H,1-3H3/b23-21-. The number of carbonyl (C=O) groups excluding carboxylic acids is 2. The van der Waals surface area contributed by atoms with Crippen LogP contribution in [0.2, 0.25) is 0 Å². The van der Waals surface area contributed by atoms with Crippen LogP contribution in [0.3, 0.4) is 0 Å². The Labute approximate surface area is 185 Å². The molecule has 162 valence electrons. The number of methoxy groups -OCH3 is 2. The quantitative estimate of drug-likeness (QED) is 0.373. The molecule has 1 N–H and O–H groups in total. The molecule has 32 heavy (non-hydrogen) atoms. The predicted octanol–water partition coefficient (Wildman–Crippen LogP) is 4.03. The molecule has 1 aliphatic heterocycles. The fourth-order valence-electron chi connectivity index (χ4n) is 3.91. The van der Waals surface area contributed by atoms with E-state index in [0.717, 1.165) is 5.56 Å². The van der Waals surface area contributed by atoms with Crippen molar-refractivity contribution in [3.63, 3.8) is 0 Å². The van der Waals surface area contributed by atoms with Gasteiger partial charge in [0.1, 0.15) is 17.3 Å². The van der Waals surface area contributed by atoms with Gasteiger partial charge in [0.05, 0.1) is 31.4 Å². The number of aromatic nitrogens is 1. The Morgan fingerprint density at radius 3 is 2.47 bits per heavy atom. The lowest BCUT2D eigenvalue weighted by atomic mass is 9.95. The van der Waals surface area contributed by atoms with E-state index in [1.807, 2.05) is 19.1 Å². The van der Waals surface area contributed by atoms with E-state index in [2.05, 4.69) is 4.98 Å². The second-order valence-corrected chi connectivity index (χ2v) is 7.31. The molecular formula is C25H22N2O5. The number of anilines is 1. The Morgan fingerprint density at radius 1 is 1.03 bits per heavy atom. The molecule has 7 nitrogen and oxygen atoms in total.